The summed E-state index contributed by atoms with van der Waals surface area (Å²) in [5.74, 6) is -0.880. The van der Waals surface area contributed by atoms with Crippen LogP contribution in [0.1, 0.15) is 10.4 Å². The summed E-state index contributed by atoms with van der Waals surface area (Å²) in [5, 5.41) is 3.53. The molecule has 6 heteroatoms. The second kappa shape index (κ2) is 5.10. The van der Waals surface area contributed by atoms with E-state index in [0.29, 0.717) is 22.3 Å². The Balaban J connectivity index is 1.95. The van der Waals surface area contributed by atoms with Crippen LogP contribution in [0.15, 0.2) is 42.6 Å². The summed E-state index contributed by atoms with van der Waals surface area (Å²) < 4.78 is 13.3. The van der Waals surface area contributed by atoms with Crippen molar-refractivity contribution in [1.29, 1.82) is 0 Å². The minimum Gasteiger partial charge on any atom is -0.399 e. The molecule has 0 spiro atoms. The van der Waals surface area contributed by atoms with Gasteiger partial charge in [-0.05, 0) is 36.4 Å². The van der Waals surface area contributed by atoms with Crippen molar-refractivity contribution in [2.75, 3.05) is 11.1 Å². The number of amides is 1. The lowest BCUT2D eigenvalue weighted by molar-refractivity contribution is 0.102. The van der Waals surface area contributed by atoms with Gasteiger partial charge in [-0.25, -0.2) is 4.39 Å². The number of aromatic amines is 1. The summed E-state index contributed by atoms with van der Waals surface area (Å²) in [6.45, 7) is 0. The summed E-state index contributed by atoms with van der Waals surface area (Å²) in [6, 6.07) is 9.09. The third kappa shape index (κ3) is 2.68. The predicted octanol–water partition coefficient (Wildman–Crippen LogP) is 3.79. The first-order valence-corrected chi connectivity index (χ1v) is 6.55. The summed E-state index contributed by atoms with van der Waals surface area (Å²) in [6.07, 6.45) is 1.58. The number of nitrogens with two attached hydrogens (primary N) is 1. The third-order valence-electron chi connectivity index (χ3n) is 3.07. The Morgan fingerprint density at radius 1 is 1.24 bits per heavy atom. The van der Waals surface area contributed by atoms with Gasteiger partial charge in [-0.2, -0.15) is 0 Å². The van der Waals surface area contributed by atoms with Crippen molar-refractivity contribution in [3.05, 3.63) is 59.0 Å². The number of hydrogen-bond acceptors (Lipinski definition) is 2. The van der Waals surface area contributed by atoms with Gasteiger partial charge < -0.3 is 16.0 Å². The Bertz CT molecular complexity index is 824. The van der Waals surface area contributed by atoms with Gasteiger partial charge in [0.25, 0.3) is 5.91 Å². The number of aromatic nitrogens is 1. The number of fused-ring (bicyclic) bond motifs is 1. The van der Waals surface area contributed by atoms with Crippen LogP contribution in [0, 0.1) is 5.82 Å². The average Bonchev–Trinajstić information content (AvgIpc) is 2.80. The fourth-order valence-electron chi connectivity index (χ4n) is 2.15. The van der Waals surface area contributed by atoms with E-state index in [9.17, 15) is 9.18 Å². The van der Waals surface area contributed by atoms with Gasteiger partial charge >= 0.3 is 0 Å². The topological polar surface area (TPSA) is 70.9 Å². The van der Waals surface area contributed by atoms with Crippen molar-refractivity contribution in [2.45, 2.75) is 0 Å². The number of nitrogen functional groups attached to an aromatic ring is 1. The van der Waals surface area contributed by atoms with Crippen LogP contribution in [0.5, 0.6) is 0 Å². The van der Waals surface area contributed by atoms with Crippen molar-refractivity contribution in [3.8, 4) is 0 Å². The van der Waals surface area contributed by atoms with Crippen molar-refractivity contribution in [2.24, 2.45) is 0 Å². The van der Waals surface area contributed by atoms with E-state index in [2.05, 4.69) is 10.3 Å². The molecule has 0 radical (unpaired) electrons. The van der Waals surface area contributed by atoms with E-state index in [-0.39, 0.29) is 10.9 Å². The third-order valence-corrected chi connectivity index (χ3v) is 3.29. The Labute approximate surface area is 124 Å². The average molecular weight is 304 g/mol. The molecule has 0 bridgehead atoms. The molecular formula is C15H11ClFN3O. The minimum atomic E-state index is -0.513. The molecule has 2 aromatic carbocycles. The van der Waals surface area contributed by atoms with Crippen LogP contribution in [0.25, 0.3) is 10.9 Å². The number of hydrogen-bond donors (Lipinski definition) is 3. The fourth-order valence-corrected chi connectivity index (χ4v) is 2.37. The highest BCUT2D eigenvalue weighted by Crippen LogP contribution is 2.23. The molecule has 0 unspecified atom stereocenters. The maximum Gasteiger partial charge on any atom is 0.257 e. The van der Waals surface area contributed by atoms with Gasteiger partial charge in [0, 0.05) is 33.5 Å². The number of halogens is 2. The molecule has 3 rings (SSSR count). The first kappa shape index (κ1) is 13.5. The highest BCUT2D eigenvalue weighted by molar-refractivity contribution is 6.31. The second-order valence-corrected chi connectivity index (χ2v) is 5.06. The summed E-state index contributed by atoms with van der Waals surface area (Å²) >= 11 is 5.76. The van der Waals surface area contributed by atoms with E-state index in [1.165, 1.54) is 18.2 Å². The molecule has 1 aromatic heterocycles. The predicted molar refractivity (Wildman–Crippen MR) is 82.1 cm³/mol. The molecule has 4 nitrogen and oxygen atoms in total. The van der Waals surface area contributed by atoms with E-state index >= 15 is 0 Å². The normalized spacial score (nSPS) is 10.8. The molecule has 0 saturated heterocycles. The molecule has 3 aromatic rings. The van der Waals surface area contributed by atoms with Crippen molar-refractivity contribution < 1.29 is 9.18 Å². The molecule has 1 heterocycles. The first-order valence-electron chi connectivity index (χ1n) is 6.17. The van der Waals surface area contributed by atoms with Gasteiger partial charge in [0.2, 0.25) is 0 Å². The molecule has 4 N–H and O–H groups in total. The Morgan fingerprint density at radius 2 is 2.05 bits per heavy atom. The zero-order valence-electron chi connectivity index (χ0n) is 10.8. The quantitative estimate of drug-likeness (QED) is 0.630. The van der Waals surface area contributed by atoms with Crippen LogP contribution in [0.2, 0.25) is 5.02 Å². The monoisotopic (exact) mass is 303 g/mol. The van der Waals surface area contributed by atoms with Crippen LogP contribution in [0.4, 0.5) is 15.8 Å². The Morgan fingerprint density at radius 3 is 2.81 bits per heavy atom. The number of benzene rings is 2. The standard InChI is InChI=1S/C15H11ClFN3O/c16-8-3-9(17)5-11(4-8)20-15(21)13-7-19-14-2-1-10(18)6-12(13)14/h1-7,19H,18H2,(H,20,21). The van der Waals surface area contributed by atoms with E-state index in [0.717, 1.165) is 5.52 Å². The Hall–Kier alpha value is -2.53. The van der Waals surface area contributed by atoms with Crippen LogP contribution in [0.3, 0.4) is 0 Å². The number of nitrogens with one attached hydrogen (secondary N) is 2. The van der Waals surface area contributed by atoms with Crippen LogP contribution in [-0.4, -0.2) is 10.9 Å². The van der Waals surface area contributed by atoms with Gasteiger partial charge in [-0.3, -0.25) is 4.79 Å². The van der Waals surface area contributed by atoms with Gasteiger partial charge in [-0.15, -0.1) is 0 Å². The van der Waals surface area contributed by atoms with E-state index in [4.69, 9.17) is 17.3 Å². The highest BCUT2D eigenvalue weighted by Gasteiger charge is 2.13. The number of carbonyl (C=O) groups excluding carboxylic acids is 1. The van der Waals surface area contributed by atoms with E-state index in [1.807, 2.05) is 0 Å². The Kier molecular flexibility index (Phi) is 3.27. The van der Waals surface area contributed by atoms with Gasteiger partial charge in [0.15, 0.2) is 0 Å². The number of anilines is 2. The molecule has 0 saturated carbocycles. The maximum atomic E-state index is 13.3. The van der Waals surface area contributed by atoms with Gasteiger partial charge in [0.05, 0.1) is 5.56 Å². The summed E-state index contributed by atoms with van der Waals surface area (Å²) in [4.78, 5) is 15.3. The molecule has 0 aliphatic carbocycles. The summed E-state index contributed by atoms with van der Waals surface area (Å²) in [5.41, 5.74) is 7.81. The molecule has 21 heavy (non-hydrogen) atoms. The van der Waals surface area contributed by atoms with Crippen LogP contribution < -0.4 is 11.1 Å². The van der Waals surface area contributed by atoms with Gasteiger partial charge in [-0.1, -0.05) is 11.6 Å². The largest absolute Gasteiger partial charge is 0.399 e. The fraction of sp³-hybridized carbons (Fsp3) is 0. The smallest absolute Gasteiger partial charge is 0.257 e. The molecule has 0 aliphatic rings. The molecule has 0 aliphatic heterocycles. The zero-order chi connectivity index (χ0) is 15.0. The molecule has 1 amide bonds. The lowest BCUT2D eigenvalue weighted by Gasteiger charge is -2.05. The van der Waals surface area contributed by atoms with Crippen LogP contribution in [-0.2, 0) is 0 Å². The van der Waals surface area contributed by atoms with E-state index in [1.54, 1.807) is 24.4 Å². The van der Waals surface area contributed by atoms with Gasteiger partial charge in [0.1, 0.15) is 5.82 Å². The first-order chi connectivity index (χ1) is 10.0. The zero-order valence-corrected chi connectivity index (χ0v) is 11.5. The molecule has 106 valence electrons. The van der Waals surface area contributed by atoms with Crippen molar-refractivity contribution >= 4 is 39.8 Å². The lowest BCUT2D eigenvalue weighted by atomic mass is 10.1. The maximum absolute atomic E-state index is 13.3. The van der Waals surface area contributed by atoms with Crippen LogP contribution >= 0.6 is 11.6 Å². The second-order valence-electron chi connectivity index (χ2n) is 4.62. The summed E-state index contributed by atoms with van der Waals surface area (Å²) in [7, 11) is 0. The lowest BCUT2D eigenvalue weighted by Crippen LogP contribution is -2.11. The number of rotatable bonds is 2. The SMILES string of the molecule is Nc1ccc2[nH]cc(C(=O)Nc3cc(F)cc(Cl)c3)c2c1. The molecular weight excluding hydrogens is 293 g/mol. The number of H-pyrrole nitrogens is 1. The van der Waals surface area contributed by atoms with Crippen molar-refractivity contribution in [3.63, 3.8) is 0 Å². The van der Waals surface area contributed by atoms with Crippen molar-refractivity contribution in [1.82, 2.24) is 4.98 Å². The minimum absolute atomic E-state index is 0.216. The highest BCUT2D eigenvalue weighted by atomic mass is 35.5. The molecule has 0 atom stereocenters. The van der Waals surface area contributed by atoms with E-state index < -0.39 is 5.82 Å². The number of carbonyl (C=O) groups is 1. The molecule has 0 fully saturated rings.